The molecule has 114 valence electrons. The molecule has 1 amide bonds. The highest BCUT2D eigenvalue weighted by Gasteiger charge is 2.20. The van der Waals surface area contributed by atoms with Crippen LogP contribution in [0.1, 0.15) is 34.5 Å². The maximum Gasteiger partial charge on any atom is 0.272 e. The minimum absolute atomic E-state index is 0.0289. The molecule has 0 unspecified atom stereocenters. The molecule has 0 atom stereocenters. The third-order valence-corrected chi connectivity index (χ3v) is 4.17. The van der Waals surface area contributed by atoms with Gasteiger partial charge in [0.05, 0.1) is 0 Å². The highest BCUT2D eigenvalue weighted by Crippen LogP contribution is 2.20. The lowest BCUT2D eigenvalue weighted by Gasteiger charge is -2.15. The minimum atomic E-state index is 0.0289. The Bertz CT molecular complexity index is 690. The highest BCUT2D eigenvalue weighted by molar-refractivity contribution is 5.93. The Morgan fingerprint density at radius 2 is 1.77 bits per heavy atom. The lowest BCUT2D eigenvalue weighted by atomic mass is 10.1. The molecule has 2 aromatic rings. The van der Waals surface area contributed by atoms with Crippen LogP contribution in [0.3, 0.4) is 0 Å². The van der Waals surface area contributed by atoms with E-state index in [4.69, 9.17) is 0 Å². The molecule has 1 saturated heterocycles. The van der Waals surface area contributed by atoms with Gasteiger partial charge in [-0.05, 0) is 62.1 Å². The van der Waals surface area contributed by atoms with Crippen molar-refractivity contribution in [2.45, 2.75) is 26.7 Å². The summed E-state index contributed by atoms with van der Waals surface area (Å²) in [5.41, 5.74) is 4.93. The standard InChI is InChI=1S/C18H21N3O/c1-13-5-6-15(11-14(13)2)20-16-7-8-19-17(12-16)18(22)21-9-3-4-10-21/h5-8,11-12H,3-4,9-10H2,1-2H3,(H,19,20). The SMILES string of the molecule is Cc1ccc(Nc2ccnc(C(=O)N3CCCC3)c2)cc1C. The molecule has 0 bridgehead atoms. The number of amides is 1. The maximum absolute atomic E-state index is 12.4. The van der Waals surface area contributed by atoms with Crippen LogP contribution in [0.2, 0.25) is 0 Å². The Morgan fingerprint density at radius 3 is 2.50 bits per heavy atom. The van der Waals surface area contributed by atoms with E-state index in [1.165, 1.54) is 11.1 Å². The van der Waals surface area contributed by atoms with Crippen LogP contribution in [0.5, 0.6) is 0 Å². The summed E-state index contributed by atoms with van der Waals surface area (Å²) in [7, 11) is 0. The predicted molar refractivity (Wildman–Crippen MR) is 88.6 cm³/mol. The van der Waals surface area contributed by atoms with Crippen molar-refractivity contribution in [2.75, 3.05) is 18.4 Å². The van der Waals surface area contributed by atoms with Gasteiger partial charge in [0.1, 0.15) is 5.69 Å². The first kappa shape index (κ1) is 14.6. The van der Waals surface area contributed by atoms with Crippen LogP contribution in [-0.4, -0.2) is 28.9 Å². The van der Waals surface area contributed by atoms with Gasteiger partial charge in [-0.15, -0.1) is 0 Å². The van der Waals surface area contributed by atoms with Gasteiger partial charge in [0, 0.05) is 30.7 Å². The van der Waals surface area contributed by atoms with Crippen molar-refractivity contribution in [1.82, 2.24) is 9.88 Å². The smallest absolute Gasteiger partial charge is 0.272 e. The Balaban J connectivity index is 1.78. The van der Waals surface area contributed by atoms with Gasteiger partial charge in [0.15, 0.2) is 0 Å². The van der Waals surface area contributed by atoms with E-state index in [1.807, 2.05) is 23.1 Å². The zero-order chi connectivity index (χ0) is 15.5. The summed E-state index contributed by atoms with van der Waals surface area (Å²) in [6.45, 7) is 5.87. The van der Waals surface area contributed by atoms with Crippen LogP contribution < -0.4 is 5.32 Å². The van der Waals surface area contributed by atoms with Crippen LogP contribution in [0.25, 0.3) is 0 Å². The number of rotatable bonds is 3. The van der Waals surface area contributed by atoms with Gasteiger partial charge in [-0.25, -0.2) is 0 Å². The number of nitrogens with zero attached hydrogens (tertiary/aromatic N) is 2. The van der Waals surface area contributed by atoms with Crippen molar-refractivity contribution in [1.29, 1.82) is 0 Å². The van der Waals surface area contributed by atoms with Gasteiger partial charge in [0.2, 0.25) is 0 Å². The first-order valence-electron chi connectivity index (χ1n) is 7.73. The number of anilines is 2. The molecule has 3 rings (SSSR count). The molecule has 1 N–H and O–H groups in total. The number of aromatic nitrogens is 1. The summed E-state index contributed by atoms with van der Waals surface area (Å²) in [5, 5.41) is 3.35. The van der Waals surface area contributed by atoms with Crippen molar-refractivity contribution in [3.8, 4) is 0 Å². The number of aryl methyl sites for hydroxylation is 2. The molecule has 4 heteroatoms. The molecular formula is C18H21N3O. The summed E-state index contributed by atoms with van der Waals surface area (Å²) >= 11 is 0. The topological polar surface area (TPSA) is 45.2 Å². The molecule has 2 heterocycles. The summed E-state index contributed by atoms with van der Waals surface area (Å²) in [5.74, 6) is 0.0289. The van der Waals surface area contributed by atoms with Gasteiger partial charge < -0.3 is 10.2 Å². The van der Waals surface area contributed by atoms with E-state index < -0.39 is 0 Å². The average Bonchev–Trinajstić information content (AvgIpc) is 3.05. The van der Waals surface area contributed by atoms with E-state index >= 15 is 0 Å². The number of carbonyl (C=O) groups is 1. The molecule has 0 aliphatic carbocycles. The maximum atomic E-state index is 12.4. The monoisotopic (exact) mass is 295 g/mol. The Hall–Kier alpha value is -2.36. The number of benzene rings is 1. The van der Waals surface area contributed by atoms with Crippen LogP contribution >= 0.6 is 0 Å². The first-order valence-corrected chi connectivity index (χ1v) is 7.73. The fourth-order valence-corrected chi connectivity index (χ4v) is 2.69. The second-order valence-corrected chi connectivity index (χ2v) is 5.85. The normalized spacial score (nSPS) is 14.2. The lowest BCUT2D eigenvalue weighted by Crippen LogP contribution is -2.28. The average molecular weight is 295 g/mol. The number of pyridine rings is 1. The van der Waals surface area contributed by atoms with E-state index in [-0.39, 0.29) is 5.91 Å². The van der Waals surface area contributed by atoms with Gasteiger partial charge in [-0.1, -0.05) is 6.07 Å². The Labute approximate surface area is 131 Å². The summed E-state index contributed by atoms with van der Waals surface area (Å²) < 4.78 is 0. The van der Waals surface area contributed by atoms with Crippen LogP contribution in [0.15, 0.2) is 36.5 Å². The van der Waals surface area contributed by atoms with Gasteiger partial charge >= 0.3 is 0 Å². The van der Waals surface area contributed by atoms with Crippen LogP contribution in [-0.2, 0) is 0 Å². The zero-order valence-corrected chi connectivity index (χ0v) is 13.1. The zero-order valence-electron chi connectivity index (χ0n) is 13.1. The fourth-order valence-electron chi connectivity index (χ4n) is 2.69. The van der Waals surface area contributed by atoms with Crippen molar-refractivity contribution >= 4 is 17.3 Å². The third kappa shape index (κ3) is 3.11. The summed E-state index contributed by atoms with van der Waals surface area (Å²) in [6, 6.07) is 9.96. The predicted octanol–water partition coefficient (Wildman–Crippen LogP) is 3.68. The van der Waals surface area contributed by atoms with E-state index in [2.05, 4.69) is 36.3 Å². The number of hydrogen-bond donors (Lipinski definition) is 1. The van der Waals surface area contributed by atoms with Crippen molar-refractivity contribution in [3.05, 3.63) is 53.3 Å². The second-order valence-electron chi connectivity index (χ2n) is 5.85. The van der Waals surface area contributed by atoms with Gasteiger partial charge in [-0.3, -0.25) is 9.78 Å². The molecule has 1 aromatic heterocycles. The fraction of sp³-hybridized carbons (Fsp3) is 0.333. The number of hydrogen-bond acceptors (Lipinski definition) is 3. The summed E-state index contributed by atoms with van der Waals surface area (Å²) in [6.07, 6.45) is 3.87. The number of likely N-dealkylation sites (tertiary alicyclic amines) is 1. The lowest BCUT2D eigenvalue weighted by molar-refractivity contribution is 0.0787. The number of nitrogens with one attached hydrogen (secondary N) is 1. The molecule has 0 radical (unpaired) electrons. The van der Waals surface area contributed by atoms with Crippen LogP contribution in [0, 0.1) is 13.8 Å². The van der Waals surface area contributed by atoms with Crippen molar-refractivity contribution < 1.29 is 4.79 Å². The molecule has 1 fully saturated rings. The highest BCUT2D eigenvalue weighted by atomic mass is 16.2. The van der Waals surface area contributed by atoms with Crippen LogP contribution in [0.4, 0.5) is 11.4 Å². The molecule has 22 heavy (non-hydrogen) atoms. The minimum Gasteiger partial charge on any atom is -0.355 e. The van der Waals surface area contributed by atoms with Gasteiger partial charge in [-0.2, -0.15) is 0 Å². The van der Waals surface area contributed by atoms with E-state index in [1.54, 1.807) is 6.20 Å². The molecule has 1 aromatic carbocycles. The van der Waals surface area contributed by atoms with Crippen molar-refractivity contribution in [2.24, 2.45) is 0 Å². The number of carbonyl (C=O) groups excluding carboxylic acids is 1. The first-order chi connectivity index (χ1) is 10.6. The molecule has 1 aliphatic heterocycles. The third-order valence-electron chi connectivity index (χ3n) is 4.17. The largest absolute Gasteiger partial charge is 0.355 e. The Kier molecular flexibility index (Phi) is 4.09. The molecule has 1 aliphatic rings. The van der Waals surface area contributed by atoms with E-state index in [0.29, 0.717) is 5.69 Å². The quantitative estimate of drug-likeness (QED) is 0.939. The molecule has 0 saturated carbocycles. The molecular weight excluding hydrogens is 274 g/mol. The Morgan fingerprint density at radius 1 is 1.05 bits per heavy atom. The molecule has 0 spiro atoms. The second kappa shape index (κ2) is 6.18. The van der Waals surface area contributed by atoms with E-state index in [0.717, 1.165) is 37.3 Å². The van der Waals surface area contributed by atoms with E-state index in [9.17, 15) is 4.79 Å². The summed E-state index contributed by atoms with van der Waals surface area (Å²) in [4.78, 5) is 18.5. The van der Waals surface area contributed by atoms with Gasteiger partial charge in [0.25, 0.3) is 5.91 Å². The van der Waals surface area contributed by atoms with Crippen molar-refractivity contribution in [3.63, 3.8) is 0 Å². The molecule has 4 nitrogen and oxygen atoms in total.